The number of hydrogen-bond donors (Lipinski definition) is 0. The van der Waals surface area contributed by atoms with Crippen molar-refractivity contribution in [2.45, 2.75) is 19.9 Å². The van der Waals surface area contributed by atoms with Crippen LogP contribution >= 0.6 is 23.2 Å². The van der Waals surface area contributed by atoms with E-state index in [1.165, 1.54) is 17.0 Å². The third-order valence-corrected chi connectivity index (χ3v) is 3.75. The number of aromatic nitrogens is 2. The molecule has 0 saturated carbocycles. The van der Waals surface area contributed by atoms with Crippen molar-refractivity contribution in [2.75, 3.05) is 4.90 Å². The second-order valence-corrected chi connectivity index (χ2v) is 5.25. The van der Waals surface area contributed by atoms with E-state index in [0.29, 0.717) is 23.8 Å². The molecule has 0 N–H and O–H groups in total. The van der Waals surface area contributed by atoms with Gasteiger partial charge in [0.15, 0.2) is 5.82 Å². The average molecular weight is 326 g/mol. The second-order valence-electron chi connectivity index (χ2n) is 4.43. The molecule has 1 aromatic carbocycles. The van der Waals surface area contributed by atoms with Gasteiger partial charge in [-0.1, -0.05) is 35.3 Å². The molecule has 1 aliphatic heterocycles. The molecule has 1 amide bonds. The maximum absolute atomic E-state index is 12.1. The van der Waals surface area contributed by atoms with Crippen LogP contribution in [0.5, 0.6) is 0 Å². The summed E-state index contributed by atoms with van der Waals surface area (Å²) in [5.41, 5.74) is 0.412. The van der Waals surface area contributed by atoms with Crippen molar-refractivity contribution >= 4 is 40.6 Å². The Balaban J connectivity index is 2.03. The van der Waals surface area contributed by atoms with E-state index < -0.39 is 11.7 Å². The number of aryl methyl sites for hydroxylation is 1. The minimum Gasteiger partial charge on any atom is -0.339 e. The highest BCUT2D eigenvalue weighted by Gasteiger charge is 2.39. The first-order valence-electron chi connectivity index (χ1n) is 6.18. The Bertz CT molecular complexity index is 757. The topological polar surface area (TPSA) is 76.3 Å². The van der Waals surface area contributed by atoms with Crippen molar-refractivity contribution in [3.05, 3.63) is 39.5 Å². The van der Waals surface area contributed by atoms with Gasteiger partial charge in [0.05, 0.1) is 27.8 Å². The third-order valence-electron chi connectivity index (χ3n) is 3.13. The summed E-state index contributed by atoms with van der Waals surface area (Å²) in [6.45, 7) is 1.87. The minimum absolute atomic E-state index is 0.00113. The standard InChI is InChI=1S/C13H9Cl2N3O3/c1-2-9-16-8(17-21-9)5-18-11-7(15)4-3-6(14)10(11)12(19)13(18)20/h3-4H,2,5H2,1H3. The van der Waals surface area contributed by atoms with Crippen molar-refractivity contribution in [3.8, 4) is 0 Å². The van der Waals surface area contributed by atoms with Crippen LogP contribution in [0.15, 0.2) is 16.7 Å². The SMILES string of the molecule is CCc1nc(CN2C(=O)C(=O)c3c(Cl)ccc(Cl)c32)no1. The number of nitrogens with zero attached hydrogens (tertiary/aromatic N) is 3. The van der Waals surface area contributed by atoms with Crippen molar-refractivity contribution < 1.29 is 14.1 Å². The van der Waals surface area contributed by atoms with Gasteiger partial charge < -0.3 is 4.52 Å². The Morgan fingerprint density at radius 3 is 2.62 bits per heavy atom. The molecule has 0 atom stereocenters. The van der Waals surface area contributed by atoms with Gasteiger partial charge in [0.25, 0.3) is 11.7 Å². The first-order valence-corrected chi connectivity index (χ1v) is 6.94. The molecular formula is C13H9Cl2N3O3. The molecule has 2 aromatic rings. The van der Waals surface area contributed by atoms with Gasteiger partial charge in [0.1, 0.15) is 0 Å². The highest BCUT2D eigenvalue weighted by molar-refractivity contribution is 6.56. The van der Waals surface area contributed by atoms with Gasteiger partial charge in [-0.15, -0.1) is 0 Å². The number of halogens is 2. The van der Waals surface area contributed by atoms with Crippen molar-refractivity contribution in [1.82, 2.24) is 10.1 Å². The van der Waals surface area contributed by atoms with Crippen molar-refractivity contribution in [1.29, 1.82) is 0 Å². The number of amides is 1. The van der Waals surface area contributed by atoms with Crippen LogP contribution < -0.4 is 4.90 Å². The molecule has 21 heavy (non-hydrogen) atoms. The lowest BCUT2D eigenvalue weighted by Gasteiger charge is -2.15. The molecular weight excluding hydrogens is 317 g/mol. The summed E-state index contributed by atoms with van der Waals surface area (Å²) in [5, 5.41) is 4.23. The van der Waals surface area contributed by atoms with Crippen molar-refractivity contribution in [2.24, 2.45) is 0 Å². The first kappa shape index (κ1) is 14.0. The monoisotopic (exact) mass is 325 g/mol. The highest BCUT2D eigenvalue weighted by atomic mass is 35.5. The molecule has 1 aromatic heterocycles. The molecule has 0 unspecified atom stereocenters. The zero-order valence-corrected chi connectivity index (χ0v) is 12.4. The molecule has 1 aliphatic rings. The van der Waals surface area contributed by atoms with Gasteiger partial charge in [0.2, 0.25) is 5.89 Å². The van der Waals surface area contributed by atoms with Crippen molar-refractivity contribution in [3.63, 3.8) is 0 Å². The molecule has 0 fully saturated rings. The Morgan fingerprint density at radius 2 is 1.95 bits per heavy atom. The van der Waals surface area contributed by atoms with E-state index in [0.717, 1.165) is 0 Å². The number of ketones is 1. The summed E-state index contributed by atoms with van der Waals surface area (Å²) >= 11 is 12.1. The number of carbonyl (C=O) groups excluding carboxylic acids is 2. The first-order chi connectivity index (χ1) is 10.0. The lowest BCUT2D eigenvalue weighted by atomic mass is 10.1. The average Bonchev–Trinajstić information content (AvgIpc) is 3.02. The van der Waals surface area contributed by atoms with E-state index in [1.54, 1.807) is 0 Å². The van der Waals surface area contributed by atoms with Gasteiger partial charge in [0, 0.05) is 6.42 Å². The van der Waals surface area contributed by atoms with Gasteiger partial charge in [-0.2, -0.15) is 4.98 Å². The molecule has 3 rings (SSSR count). The normalized spacial score (nSPS) is 14.0. The summed E-state index contributed by atoms with van der Waals surface area (Å²) in [6, 6.07) is 3.02. The Kier molecular flexibility index (Phi) is 3.43. The van der Waals surface area contributed by atoms with Gasteiger partial charge in [-0.25, -0.2) is 0 Å². The highest BCUT2D eigenvalue weighted by Crippen LogP contribution is 2.40. The fourth-order valence-corrected chi connectivity index (χ4v) is 2.64. The van der Waals surface area contributed by atoms with Crippen LogP contribution in [0.2, 0.25) is 10.0 Å². The number of benzene rings is 1. The van der Waals surface area contributed by atoms with E-state index in [9.17, 15) is 9.59 Å². The predicted octanol–water partition coefficient (Wildman–Crippen LogP) is 2.67. The molecule has 0 radical (unpaired) electrons. The molecule has 0 spiro atoms. The maximum atomic E-state index is 12.1. The Labute approximate surface area is 129 Å². The maximum Gasteiger partial charge on any atom is 0.300 e. The van der Waals surface area contributed by atoms with Crippen LogP contribution in [0.4, 0.5) is 5.69 Å². The van der Waals surface area contributed by atoms with Crippen LogP contribution in [0.3, 0.4) is 0 Å². The summed E-state index contributed by atoms with van der Waals surface area (Å²) < 4.78 is 4.99. The van der Waals surface area contributed by atoms with E-state index in [4.69, 9.17) is 27.7 Å². The lowest BCUT2D eigenvalue weighted by Crippen LogP contribution is -2.29. The second kappa shape index (κ2) is 5.13. The summed E-state index contributed by atoms with van der Waals surface area (Å²) in [6.07, 6.45) is 0.586. The molecule has 2 heterocycles. The van der Waals surface area contributed by atoms with E-state index in [2.05, 4.69) is 10.1 Å². The predicted molar refractivity (Wildman–Crippen MR) is 75.7 cm³/mol. The zero-order chi connectivity index (χ0) is 15.1. The number of anilines is 1. The molecule has 0 aliphatic carbocycles. The van der Waals surface area contributed by atoms with Crippen LogP contribution in [0, 0.1) is 0 Å². The van der Waals surface area contributed by atoms with E-state index in [1.807, 2.05) is 6.92 Å². The third kappa shape index (κ3) is 2.20. The number of rotatable bonds is 3. The van der Waals surface area contributed by atoms with Gasteiger partial charge in [-0.05, 0) is 12.1 Å². The Hall–Kier alpha value is -1.92. The molecule has 108 valence electrons. The molecule has 6 nitrogen and oxygen atoms in total. The van der Waals surface area contributed by atoms with E-state index in [-0.39, 0.29) is 22.2 Å². The number of hydrogen-bond acceptors (Lipinski definition) is 5. The molecule has 0 bridgehead atoms. The fourth-order valence-electron chi connectivity index (χ4n) is 2.14. The number of Topliss-reactive ketones (excluding diaryl/α,β-unsaturated/α-hetero) is 1. The van der Waals surface area contributed by atoms with Crippen LogP contribution in [0.25, 0.3) is 0 Å². The van der Waals surface area contributed by atoms with Crippen LogP contribution in [-0.2, 0) is 17.8 Å². The molecule has 8 heteroatoms. The minimum atomic E-state index is -0.706. The quantitative estimate of drug-likeness (QED) is 0.811. The summed E-state index contributed by atoms with van der Waals surface area (Å²) in [7, 11) is 0. The van der Waals surface area contributed by atoms with Gasteiger partial charge >= 0.3 is 0 Å². The summed E-state index contributed by atoms with van der Waals surface area (Å²) in [5.74, 6) is -0.628. The Morgan fingerprint density at radius 1 is 1.24 bits per heavy atom. The zero-order valence-electron chi connectivity index (χ0n) is 10.9. The largest absolute Gasteiger partial charge is 0.339 e. The van der Waals surface area contributed by atoms with E-state index >= 15 is 0 Å². The smallest absolute Gasteiger partial charge is 0.300 e. The lowest BCUT2D eigenvalue weighted by molar-refractivity contribution is -0.114. The molecule has 0 saturated heterocycles. The number of carbonyl (C=O) groups is 2. The number of fused-ring (bicyclic) bond motifs is 1. The van der Waals surface area contributed by atoms with Gasteiger partial charge in [-0.3, -0.25) is 14.5 Å². The van der Waals surface area contributed by atoms with Crippen LogP contribution in [-0.4, -0.2) is 21.8 Å². The van der Waals surface area contributed by atoms with Crippen LogP contribution in [0.1, 0.15) is 29.0 Å². The fraction of sp³-hybridized carbons (Fsp3) is 0.231. The summed E-state index contributed by atoms with van der Waals surface area (Å²) in [4.78, 5) is 29.5.